The molecule has 0 amide bonds. The first-order chi connectivity index (χ1) is 10.5. The Hall–Kier alpha value is -3.15. The van der Waals surface area contributed by atoms with Crippen LogP contribution in [-0.4, -0.2) is 27.1 Å². The summed E-state index contributed by atoms with van der Waals surface area (Å²) in [6.45, 7) is 0. The van der Waals surface area contributed by atoms with Gasteiger partial charge in [0.1, 0.15) is 5.52 Å². The molecule has 1 aromatic heterocycles. The van der Waals surface area contributed by atoms with Crippen molar-refractivity contribution in [2.45, 2.75) is 6.42 Å². The molecule has 0 saturated heterocycles. The zero-order valence-electron chi connectivity index (χ0n) is 11.3. The van der Waals surface area contributed by atoms with Crippen LogP contribution in [0.25, 0.3) is 22.6 Å². The number of hydrogen-bond donors (Lipinski definition) is 2. The molecular weight excluding hydrogens is 286 g/mol. The lowest BCUT2D eigenvalue weighted by atomic mass is 10.1. The van der Waals surface area contributed by atoms with Crippen molar-refractivity contribution >= 4 is 23.0 Å². The molecule has 0 fully saturated rings. The van der Waals surface area contributed by atoms with Crippen molar-refractivity contribution in [2.75, 3.05) is 0 Å². The number of aromatic nitrogens is 1. The smallest absolute Gasteiger partial charge is 0.335 e. The number of aromatic carboxylic acids is 1. The maximum Gasteiger partial charge on any atom is 0.335 e. The maximum atomic E-state index is 10.8. The predicted molar refractivity (Wildman–Crippen MR) is 77.7 cm³/mol. The van der Waals surface area contributed by atoms with E-state index in [0.29, 0.717) is 28.1 Å². The summed E-state index contributed by atoms with van der Waals surface area (Å²) in [4.78, 5) is 25.9. The lowest BCUT2D eigenvalue weighted by Gasteiger charge is -1.96. The molecule has 0 radical (unpaired) electrons. The van der Waals surface area contributed by atoms with Crippen LogP contribution in [0.2, 0.25) is 0 Å². The molecule has 0 unspecified atom stereocenters. The Balaban J connectivity index is 1.97. The highest BCUT2D eigenvalue weighted by Gasteiger charge is 2.11. The summed E-state index contributed by atoms with van der Waals surface area (Å²) in [6.07, 6.45) is -0.0779. The number of benzene rings is 2. The largest absolute Gasteiger partial charge is 0.481 e. The fourth-order valence-electron chi connectivity index (χ4n) is 2.14. The van der Waals surface area contributed by atoms with Gasteiger partial charge < -0.3 is 14.6 Å². The van der Waals surface area contributed by atoms with E-state index < -0.39 is 11.9 Å². The second kappa shape index (κ2) is 5.33. The highest BCUT2D eigenvalue weighted by molar-refractivity contribution is 5.88. The van der Waals surface area contributed by atoms with Crippen molar-refractivity contribution in [3.05, 3.63) is 53.6 Å². The number of hydrogen-bond acceptors (Lipinski definition) is 4. The van der Waals surface area contributed by atoms with Gasteiger partial charge in [-0.05, 0) is 42.0 Å². The van der Waals surface area contributed by atoms with Crippen LogP contribution < -0.4 is 0 Å². The molecule has 0 aliphatic heterocycles. The zero-order chi connectivity index (χ0) is 15.7. The Morgan fingerprint density at radius 3 is 2.41 bits per heavy atom. The molecule has 110 valence electrons. The Bertz CT molecular complexity index is 864. The van der Waals surface area contributed by atoms with E-state index in [1.165, 1.54) is 12.1 Å². The van der Waals surface area contributed by atoms with E-state index in [4.69, 9.17) is 14.6 Å². The number of carbonyl (C=O) groups is 2. The highest BCUT2D eigenvalue weighted by atomic mass is 16.4. The minimum absolute atomic E-state index is 0.0779. The Morgan fingerprint density at radius 2 is 1.77 bits per heavy atom. The molecule has 0 atom stereocenters. The average molecular weight is 297 g/mol. The van der Waals surface area contributed by atoms with Crippen LogP contribution in [0.1, 0.15) is 15.9 Å². The number of rotatable bonds is 4. The van der Waals surface area contributed by atoms with Crippen molar-refractivity contribution < 1.29 is 24.2 Å². The summed E-state index contributed by atoms with van der Waals surface area (Å²) in [5.41, 5.74) is 2.59. The maximum absolute atomic E-state index is 10.8. The fourth-order valence-corrected chi connectivity index (χ4v) is 2.14. The third-order valence-corrected chi connectivity index (χ3v) is 3.19. The van der Waals surface area contributed by atoms with Crippen molar-refractivity contribution in [2.24, 2.45) is 0 Å². The molecule has 1 heterocycles. The third-order valence-electron chi connectivity index (χ3n) is 3.19. The van der Waals surface area contributed by atoms with Gasteiger partial charge in [0.25, 0.3) is 0 Å². The average Bonchev–Trinajstić information content (AvgIpc) is 2.90. The molecule has 0 aliphatic carbocycles. The van der Waals surface area contributed by atoms with E-state index in [0.717, 1.165) is 0 Å². The van der Waals surface area contributed by atoms with Gasteiger partial charge in [0.2, 0.25) is 5.89 Å². The molecule has 3 rings (SSSR count). The second-order valence-electron chi connectivity index (χ2n) is 4.77. The number of carboxylic acids is 2. The molecule has 2 N–H and O–H groups in total. The van der Waals surface area contributed by atoms with Crippen LogP contribution in [0.15, 0.2) is 46.9 Å². The van der Waals surface area contributed by atoms with Gasteiger partial charge in [-0.1, -0.05) is 6.07 Å². The number of aliphatic carboxylic acids is 1. The van der Waals surface area contributed by atoms with Crippen LogP contribution in [-0.2, 0) is 11.2 Å². The SMILES string of the molecule is O=C(O)Cc1ccc2oc(-c3ccc(C(=O)O)cc3)nc2c1. The summed E-state index contributed by atoms with van der Waals surface area (Å²) in [6, 6.07) is 11.2. The first-order valence-electron chi connectivity index (χ1n) is 6.48. The van der Waals surface area contributed by atoms with E-state index in [1.54, 1.807) is 30.3 Å². The quantitative estimate of drug-likeness (QED) is 0.768. The number of fused-ring (bicyclic) bond motifs is 1. The van der Waals surface area contributed by atoms with Gasteiger partial charge in [-0.25, -0.2) is 9.78 Å². The fraction of sp³-hybridized carbons (Fsp3) is 0.0625. The summed E-state index contributed by atoms with van der Waals surface area (Å²) < 4.78 is 5.61. The Labute approximate surface area is 124 Å². The summed E-state index contributed by atoms with van der Waals surface area (Å²) in [7, 11) is 0. The normalized spacial score (nSPS) is 10.7. The summed E-state index contributed by atoms with van der Waals surface area (Å²) >= 11 is 0. The van der Waals surface area contributed by atoms with Gasteiger partial charge in [-0.3, -0.25) is 4.79 Å². The van der Waals surface area contributed by atoms with E-state index >= 15 is 0 Å². The first-order valence-corrected chi connectivity index (χ1v) is 6.48. The van der Waals surface area contributed by atoms with Crippen LogP contribution >= 0.6 is 0 Å². The zero-order valence-corrected chi connectivity index (χ0v) is 11.3. The van der Waals surface area contributed by atoms with Crippen molar-refractivity contribution in [3.8, 4) is 11.5 Å². The second-order valence-corrected chi connectivity index (χ2v) is 4.77. The lowest BCUT2D eigenvalue weighted by molar-refractivity contribution is -0.136. The van der Waals surface area contributed by atoms with Gasteiger partial charge in [0.05, 0.1) is 12.0 Å². The molecule has 0 bridgehead atoms. The van der Waals surface area contributed by atoms with Crippen LogP contribution in [0.4, 0.5) is 0 Å². The van der Waals surface area contributed by atoms with Crippen molar-refractivity contribution in [1.82, 2.24) is 4.98 Å². The van der Waals surface area contributed by atoms with E-state index in [2.05, 4.69) is 4.98 Å². The lowest BCUT2D eigenvalue weighted by Crippen LogP contribution is -1.99. The molecule has 6 nitrogen and oxygen atoms in total. The summed E-state index contributed by atoms with van der Waals surface area (Å²) in [5.74, 6) is -1.55. The minimum Gasteiger partial charge on any atom is -0.481 e. The van der Waals surface area contributed by atoms with Gasteiger partial charge in [-0.2, -0.15) is 0 Å². The molecule has 3 aromatic rings. The highest BCUT2D eigenvalue weighted by Crippen LogP contribution is 2.25. The minimum atomic E-state index is -0.998. The van der Waals surface area contributed by atoms with Crippen LogP contribution in [0, 0.1) is 0 Å². The standard InChI is InChI=1S/C16H11NO5/c18-14(19)8-9-1-6-13-12(7-9)17-15(22-13)10-2-4-11(5-3-10)16(20)21/h1-7H,8H2,(H,18,19)(H,20,21). The molecule has 6 heteroatoms. The molecule has 0 spiro atoms. The molecular formula is C16H11NO5. The molecule has 22 heavy (non-hydrogen) atoms. The van der Waals surface area contributed by atoms with E-state index in [-0.39, 0.29) is 12.0 Å². The monoisotopic (exact) mass is 297 g/mol. The Kier molecular flexibility index (Phi) is 3.34. The predicted octanol–water partition coefficient (Wildman–Crippen LogP) is 2.82. The number of carboxylic acid groups (broad SMARTS) is 2. The molecule has 2 aromatic carbocycles. The van der Waals surface area contributed by atoms with Crippen molar-refractivity contribution in [1.29, 1.82) is 0 Å². The summed E-state index contributed by atoms with van der Waals surface area (Å²) in [5, 5.41) is 17.7. The van der Waals surface area contributed by atoms with Crippen LogP contribution in [0.3, 0.4) is 0 Å². The first kappa shape index (κ1) is 13.8. The van der Waals surface area contributed by atoms with E-state index in [1.807, 2.05) is 0 Å². The van der Waals surface area contributed by atoms with Crippen LogP contribution in [0.5, 0.6) is 0 Å². The number of oxazole rings is 1. The number of nitrogens with zero attached hydrogens (tertiary/aromatic N) is 1. The topological polar surface area (TPSA) is 101 Å². The third kappa shape index (κ3) is 2.67. The van der Waals surface area contributed by atoms with Gasteiger partial charge in [-0.15, -0.1) is 0 Å². The van der Waals surface area contributed by atoms with Crippen molar-refractivity contribution in [3.63, 3.8) is 0 Å². The van der Waals surface area contributed by atoms with Gasteiger partial charge in [0, 0.05) is 5.56 Å². The Morgan fingerprint density at radius 1 is 1.05 bits per heavy atom. The van der Waals surface area contributed by atoms with Gasteiger partial charge in [0.15, 0.2) is 5.58 Å². The van der Waals surface area contributed by atoms with Gasteiger partial charge >= 0.3 is 11.9 Å². The van der Waals surface area contributed by atoms with E-state index in [9.17, 15) is 9.59 Å². The molecule has 0 aliphatic rings. The molecule has 0 saturated carbocycles.